The largest absolute Gasteiger partial charge is 0.310 e. The second-order valence-corrected chi connectivity index (χ2v) is 36.9. The van der Waals surface area contributed by atoms with E-state index >= 15 is 0 Å². The molecule has 2 heterocycles. The predicted octanol–water partition coefficient (Wildman–Crippen LogP) is 34.4. The van der Waals surface area contributed by atoms with E-state index in [-0.39, 0.29) is 5.41 Å². The van der Waals surface area contributed by atoms with Crippen molar-refractivity contribution in [3.8, 4) is 89.0 Å². The Balaban J connectivity index is 0.000000143. The van der Waals surface area contributed by atoms with E-state index in [1.807, 2.05) is 22.7 Å². The zero-order chi connectivity index (χ0) is 85.7. The number of hydrogen-bond acceptors (Lipinski definition) is 4. The molecule has 0 aliphatic heterocycles. The Morgan fingerprint density at radius 2 is 0.543 bits per heavy atom. The highest BCUT2D eigenvalue weighted by molar-refractivity contribution is 7.26. The minimum atomic E-state index is -0.447. The average molecular weight is 1680 g/mol. The van der Waals surface area contributed by atoms with Crippen LogP contribution < -0.4 is 9.80 Å². The number of hydrogen-bond donors (Lipinski definition) is 0. The molecule has 2 nitrogen and oxygen atoms in total. The van der Waals surface area contributed by atoms with Crippen LogP contribution in [0.25, 0.3) is 129 Å². The first-order valence-electron chi connectivity index (χ1n) is 44.7. The molecule has 0 saturated heterocycles. The number of nitrogens with zero attached hydrogens (tertiary/aromatic N) is 2. The van der Waals surface area contributed by atoms with E-state index in [4.69, 9.17) is 0 Å². The molecule has 608 valence electrons. The standard InChI is InChI=1S/C64H45NS.C61H41NS/c1-63(2)57-28-12-9-25-51(57)54-36-33-50(41-60(54)63)65(48-23-15-19-43(37-48)42-17-5-3-6-18-42)49-24-16-20-44(38-49)45-31-34-55-56-35-32-47(40-62(56)66-61(55)39-45)64(46-21-7-4-8-22-46)58-29-13-10-26-52(58)53-27-11-14-30-59(53)64;1-4-19-42(20-5-1)43-35-38-47(39-36-43)62(46-23-8-3-9-24-46)58-34-17-14-29-52(58)48-25-10-11-26-49(48)53-30-18-31-54-55-41-45(37-40-59(55)63-60(53)54)61(44-21-6-2-7-22-44)56-32-15-12-27-50(56)51-28-13-16-33-57(51)61/h3-41H,1-2H3;1-41H. The number of thiophene rings is 2. The van der Waals surface area contributed by atoms with Crippen molar-refractivity contribution in [2.24, 2.45) is 0 Å². The van der Waals surface area contributed by atoms with Crippen LogP contribution in [0.5, 0.6) is 0 Å². The average Bonchev–Trinajstić information content (AvgIpc) is 1.55. The molecule has 20 aromatic carbocycles. The predicted molar refractivity (Wildman–Crippen MR) is 547 cm³/mol. The van der Waals surface area contributed by atoms with Crippen LogP contribution in [0.1, 0.15) is 69.5 Å². The number of rotatable bonds is 15. The molecule has 3 aliphatic carbocycles. The second kappa shape index (κ2) is 31.5. The molecule has 0 atom stereocenters. The van der Waals surface area contributed by atoms with Crippen molar-refractivity contribution in [3.63, 3.8) is 0 Å². The Hall–Kier alpha value is -15.6. The molecule has 0 bridgehead atoms. The minimum Gasteiger partial charge on any atom is -0.310 e. The van der Waals surface area contributed by atoms with E-state index in [0.29, 0.717) is 0 Å². The lowest BCUT2D eigenvalue weighted by Gasteiger charge is -2.34. The molecule has 129 heavy (non-hydrogen) atoms. The van der Waals surface area contributed by atoms with Gasteiger partial charge in [-0.3, -0.25) is 0 Å². The van der Waals surface area contributed by atoms with Crippen LogP contribution in [0, 0.1) is 0 Å². The van der Waals surface area contributed by atoms with Crippen molar-refractivity contribution >= 4 is 97.1 Å². The summed E-state index contributed by atoms with van der Waals surface area (Å²) in [6.45, 7) is 4.73. The number of para-hydroxylation sites is 2. The third-order valence-electron chi connectivity index (χ3n) is 27.5. The zero-order valence-corrected chi connectivity index (χ0v) is 73.0. The van der Waals surface area contributed by atoms with Gasteiger partial charge in [0.15, 0.2) is 0 Å². The number of benzene rings is 20. The molecule has 0 fully saturated rings. The fourth-order valence-electron chi connectivity index (χ4n) is 21.7. The van der Waals surface area contributed by atoms with Gasteiger partial charge in [0.1, 0.15) is 0 Å². The van der Waals surface area contributed by atoms with E-state index in [1.165, 1.54) is 185 Å². The molecule has 0 amide bonds. The first kappa shape index (κ1) is 77.0. The van der Waals surface area contributed by atoms with E-state index in [0.717, 1.165) is 34.1 Å². The maximum absolute atomic E-state index is 2.49. The summed E-state index contributed by atoms with van der Waals surface area (Å²) in [6, 6.07) is 179. The third-order valence-corrected chi connectivity index (χ3v) is 29.9. The highest BCUT2D eigenvalue weighted by Crippen LogP contribution is 2.60. The fraction of sp³-hybridized carbons (Fsp3) is 0.0400. The smallest absolute Gasteiger partial charge is 0.0714 e. The maximum Gasteiger partial charge on any atom is 0.0714 e. The summed E-state index contributed by atoms with van der Waals surface area (Å²) >= 11 is 3.80. The summed E-state index contributed by atoms with van der Waals surface area (Å²) in [5.74, 6) is 0. The summed E-state index contributed by atoms with van der Waals surface area (Å²) in [5.41, 5.74) is 38.9. The Morgan fingerprint density at radius 1 is 0.178 bits per heavy atom. The summed E-state index contributed by atoms with van der Waals surface area (Å²) in [7, 11) is 0. The van der Waals surface area contributed by atoms with Gasteiger partial charge < -0.3 is 9.80 Å². The molecule has 0 saturated carbocycles. The molecule has 4 heteroatoms. The first-order valence-corrected chi connectivity index (χ1v) is 46.3. The molecule has 22 aromatic rings. The van der Waals surface area contributed by atoms with Crippen LogP contribution in [-0.2, 0) is 16.2 Å². The molecule has 0 spiro atoms. The monoisotopic (exact) mass is 1680 g/mol. The lowest BCUT2D eigenvalue weighted by Crippen LogP contribution is -2.28. The number of fused-ring (bicyclic) bond motifs is 15. The number of anilines is 6. The summed E-state index contributed by atoms with van der Waals surface area (Å²) in [4.78, 5) is 4.83. The molecular weight excluding hydrogens is 1590 g/mol. The summed E-state index contributed by atoms with van der Waals surface area (Å²) in [5, 5.41) is 5.17. The molecule has 2 aromatic heterocycles. The van der Waals surface area contributed by atoms with E-state index in [1.54, 1.807) is 0 Å². The Labute approximate surface area is 761 Å². The normalized spacial score (nSPS) is 13.2. The summed E-state index contributed by atoms with van der Waals surface area (Å²) < 4.78 is 5.18. The molecule has 3 aliphatic rings. The van der Waals surface area contributed by atoms with Crippen LogP contribution >= 0.6 is 22.7 Å². The highest BCUT2D eigenvalue weighted by atomic mass is 32.1. The molecule has 0 unspecified atom stereocenters. The summed E-state index contributed by atoms with van der Waals surface area (Å²) in [6.07, 6.45) is 0. The van der Waals surface area contributed by atoms with Crippen molar-refractivity contribution in [2.75, 3.05) is 9.80 Å². The van der Waals surface area contributed by atoms with Crippen molar-refractivity contribution in [2.45, 2.75) is 30.1 Å². The maximum atomic E-state index is 2.49. The van der Waals surface area contributed by atoms with Gasteiger partial charge in [0.25, 0.3) is 0 Å². The first-order chi connectivity index (χ1) is 63.7. The quantitative estimate of drug-likeness (QED) is 0.101. The topological polar surface area (TPSA) is 6.48 Å². The van der Waals surface area contributed by atoms with Gasteiger partial charge in [-0.15, -0.1) is 22.7 Å². The Bertz CT molecular complexity index is 7990. The molecule has 0 N–H and O–H groups in total. The Morgan fingerprint density at radius 3 is 1.12 bits per heavy atom. The SMILES string of the molecule is CC1(C)c2ccccc2-c2ccc(N(c3cccc(-c4ccccc4)c3)c3cccc(-c4ccc5c(c4)sc4cc(C6(c7ccccc7)c7ccccc7-c7ccccc76)ccc45)c3)cc21.c1ccc(-c2ccc(N(c3ccccc3)c3ccccc3-c3ccccc3-c3cccc4c3sc3ccc(C5(c6ccccc6)c6ccccc6-c6ccccc65)cc34)cc2)cc1. The third kappa shape index (κ3) is 12.6. The highest BCUT2D eigenvalue weighted by Gasteiger charge is 2.48. The molecule has 25 rings (SSSR count). The van der Waals surface area contributed by atoms with Gasteiger partial charge in [-0.2, -0.15) is 0 Å². The van der Waals surface area contributed by atoms with Gasteiger partial charge in [-0.1, -0.05) is 408 Å². The van der Waals surface area contributed by atoms with Crippen molar-refractivity contribution < 1.29 is 0 Å². The fourth-order valence-corrected chi connectivity index (χ4v) is 24.1. The van der Waals surface area contributed by atoms with E-state index in [2.05, 4.69) is 509 Å². The van der Waals surface area contributed by atoms with Crippen LogP contribution in [0.2, 0.25) is 0 Å². The zero-order valence-electron chi connectivity index (χ0n) is 71.4. The van der Waals surface area contributed by atoms with Gasteiger partial charge in [0.05, 0.1) is 16.5 Å². The van der Waals surface area contributed by atoms with Crippen molar-refractivity contribution in [1.29, 1.82) is 0 Å². The van der Waals surface area contributed by atoms with Gasteiger partial charge in [-0.25, -0.2) is 0 Å². The van der Waals surface area contributed by atoms with E-state index in [9.17, 15) is 0 Å². The van der Waals surface area contributed by atoms with Gasteiger partial charge >= 0.3 is 0 Å². The van der Waals surface area contributed by atoms with Crippen LogP contribution in [0.15, 0.2) is 485 Å². The second-order valence-electron chi connectivity index (χ2n) is 34.8. The molecular formula is C125H86N2S2. The lowest BCUT2D eigenvalue weighted by atomic mass is 9.67. The molecule has 0 radical (unpaired) electrons. The van der Waals surface area contributed by atoms with Gasteiger partial charge in [0, 0.05) is 85.3 Å². The van der Waals surface area contributed by atoms with Gasteiger partial charge in [-0.05, 0) is 225 Å². The minimum absolute atomic E-state index is 0.115. The lowest BCUT2D eigenvalue weighted by molar-refractivity contribution is 0.660. The van der Waals surface area contributed by atoms with E-state index < -0.39 is 10.8 Å². The Kier molecular flexibility index (Phi) is 18.8. The van der Waals surface area contributed by atoms with Crippen LogP contribution in [-0.4, -0.2) is 0 Å². The van der Waals surface area contributed by atoms with Crippen LogP contribution in [0.4, 0.5) is 34.1 Å². The van der Waals surface area contributed by atoms with Crippen molar-refractivity contribution in [1.82, 2.24) is 0 Å². The van der Waals surface area contributed by atoms with Gasteiger partial charge in [0.2, 0.25) is 0 Å². The van der Waals surface area contributed by atoms with Crippen molar-refractivity contribution in [3.05, 3.63) is 541 Å². The van der Waals surface area contributed by atoms with Crippen LogP contribution in [0.3, 0.4) is 0 Å².